The number of para-hydroxylation sites is 2. The topological polar surface area (TPSA) is 83.8 Å². The Balaban J connectivity index is 0.000000588. The van der Waals surface area contributed by atoms with Gasteiger partial charge >= 0.3 is 10.4 Å². The van der Waals surface area contributed by atoms with Crippen LogP contribution in [-0.2, 0) is 10.4 Å². The van der Waals surface area contributed by atoms with Crippen molar-refractivity contribution in [1.29, 1.82) is 0 Å². The first kappa shape index (κ1) is 24.7. The van der Waals surface area contributed by atoms with Crippen LogP contribution in [-0.4, -0.2) is 17.5 Å². The summed E-state index contributed by atoms with van der Waals surface area (Å²) in [5.74, 6) is 1.67. The van der Waals surface area contributed by atoms with Gasteiger partial charge in [-0.3, -0.25) is 9.11 Å². The lowest BCUT2D eigenvalue weighted by Gasteiger charge is -2.11. The third-order valence-corrected chi connectivity index (χ3v) is 4.57. The molecule has 172 valence electrons. The zero-order valence-corrected chi connectivity index (χ0v) is 19.0. The molecule has 0 spiro atoms. The monoisotopic (exact) mass is 472 g/mol. The van der Waals surface area contributed by atoms with Gasteiger partial charge in [-0.2, -0.15) is 8.42 Å². The lowest BCUT2D eigenvalue weighted by atomic mass is 10.1. The van der Waals surface area contributed by atoms with Gasteiger partial charge in [-0.05, 0) is 23.3 Å². The summed E-state index contributed by atoms with van der Waals surface area (Å²) in [5.41, 5.74) is 4.40. The molecular weight excluding hydrogens is 448 g/mol. The van der Waals surface area contributed by atoms with Gasteiger partial charge in [0.05, 0.1) is 0 Å². The van der Waals surface area contributed by atoms with Crippen LogP contribution in [0.4, 0.5) is 0 Å². The molecule has 0 heterocycles. The molecule has 0 radical (unpaired) electrons. The summed E-state index contributed by atoms with van der Waals surface area (Å²) >= 11 is 0. The van der Waals surface area contributed by atoms with E-state index in [1.54, 1.807) is 0 Å². The molecule has 34 heavy (non-hydrogen) atoms. The van der Waals surface area contributed by atoms with E-state index in [0.717, 1.165) is 33.8 Å². The van der Waals surface area contributed by atoms with E-state index in [2.05, 4.69) is 60.7 Å². The van der Waals surface area contributed by atoms with Gasteiger partial charge in [-0.1, -0.05) is 121 Å². The predicted octanol–water partition coefficient (Wildman–Crippen LogP) is 7.17. The van der Waals surface area contributed by atoms with Crippen molar-refractivity contribution in [2.75, 3.05) is 0 Å². The fourth-order valence-electron chi connectivity index (χ4n) is 3.04. The Kier molecular flexibility index (Phi) is 8.94. The summed E-state index contributed by atoms with van der Waals surface area (Å²) in [5, 5.41) is 0. The minimum Gasteiger partial charge on any atom is -0.456 e. The summed E-state index contributed by atoms with van der Waals surface area (Å²) in [4.78, 5) is 0. The van der Waals surface area contributed by atoms with Gasteiger partial charge in [0, 0.05) is 11.1 Å². The van der Waals surface area contributed by atoms with Crippen molar-refractivity contribution < 1.29 is 22.3 Å². The van der Waals surface area contributed by atoms with Crippen LogP contribution in [0.3, 0.4) is 0 Å². The van der Waals surface area contributed by atoms with Crippen LogP contribution in [0.2, 0.25) is 0 Å². The molecule has 0 aliphatic rings. The second-order valence-electron chi connectivity index (χ2n) is 7.11. The summed E-state index contributed by atoms with van der Waals surface area (Å²) in [6.45, 7) is 0. The normalized spacial score (nSPS) is 11.2. The first-order valence-corrected chi connectivity index (χ1v) is 11.8. The molecule has 0 unspecified atom stereocenters. The van der Waals surface area contributed by atoms with E-state index in [-0.39, 0.29) is 0 Å². The van der Waals surface area contributed by atoms with Gasteiger partial charge in [0.15, 0.2) is 0 Å². The zero-order chi connectivity index (χ0) is 24.2. The third-order valence-electron chi connectivity index (χ3n) is 4.57. The van der Waals surface area contributed by atoms with E-state index in [9.17, 15) is 0 Å². The fraction of sp³-hybridized carbons (Fsp3) is 0. The first-order chi connectivity index (χ1) is 16.4. The van der Waals surface area contributed by atoms with Gasteiger partial charge in [-0.15, -0.1) is 0 Å². The lowest BCUT2D eigenvalue weighted by molar-refractivity contribution is 0.381. The number of benzene rings is 4. The third kappa shape index (κ3) is 8.88. The maximum absolute atomic E-state index is 8.74. The maximum atomic E-state index is 8.74. The van der Waals surface area contributed by atoms with E-state index in [1.165, 1.54) is 0 Å². The van der Waals surface area contributed by atoms with E-state index in [4.69, 9.17) is 22.3 Å². The molecule has 0 atom stereocenters. The van der Waals surface area contributed by atoms with Crippen molar-refractivity contribution in [1.82, 2.24) is 0 Å². The highest BCUT2D eigenvalue weighted by molar-refractivity contribution is 7.79. The molecule has 0 saturated heterocycles. The number of hydrogen-bond acceptors (Lipinski definition) is 3. The van der Waals surface area contributed by atoms with Crippen molar-refractivity contribution in [3.8, 4) is 11.5 Å². The average molecular weight is 473 g/mol. The van der Waals surface area contributed by atoms with Gasteiger partial charge in [0.25, 0.3) is 0 Å². The highest BCUT2D eigenvalue weighted by Gasteiger charge is 2.05. The Morgan fingerprint density at radius 1 is 0.500 bits per heavy atom. The average Bonchev–Trinajstić information content (AvgIpc) is 2.83. The van der Waals surface area contributed by atoms with Crippen molar-refractivity contribution in [3.63, 3.8) is 0 Å². The molecule has 0 aromatic heterocycles. The number of hydrogen-bond donors (Lipinski definition) is 2. The van der Waals surface area contributed by atoms with Crippen molar-refractivity contribution in [3.05, 3.63) is 131 Å². The van der Waals surface area contributed by atoms with Crippen molar-refractivity contribution in [2.45, 2.75) is 0 Å². The molecule has 0 fully saturated rings. The molecule has 5 nitrogen and oxygen atoms in total. The molecule has 0 aliphatic heterocycles. The maximum Gasteiger partial charge on any atom is 0.394 e. The second-order valence-corrected chi connectivity index (χ2v) is 8.01. The van der Waals surface area contributed by atoms with Gasteiger partial charge < -0.3 is 4.74 Å². The summed E-state index contributed by atoms with van der Waals surface area (Å²) < 4.78 is 37.9. The minimum absolute atomic E-state index is 0.834. The minimum atomic E-state index is -4.67. The van der Waals surface area contributed by atoms with Crippen molar-refractivity contribution >= 4 is 34.7 Å². The standard InChI is InChI=1S/C28H22O.H2O4S/c1-3-11-23(12-4-1)19-21-25-15-7-9-17-27(25)29-28-18-10-8-16-26(28)22-20-24-13-5-2-6-14-24;1-5(2,3)4/h1-22H;(H2,1,2,3,4). The second kappa shape index (κ2) is 12.3. The molecule has 4 rings (SSSR count). The molecule has 0 saturated carbocycles. The molecule has 6 heteroatoms. The molecule has 2 N–H and O–H groups in total. The first-order valence-electron chi connectivity index (χ1n) is 10.4. The molecule has 4 aromatic rings. The van der Waals surface area contributed by atoms with Crippen molar-refractivity contribution in [2.24, 2.45) is 0 Å². The smallest absolute Gasteiger partial charge is 0.394 e. The summed E-state index contributed by atoms with van der Waals surface area (Å²) in [6.07, 6.45) is 8.38. The summed E-state index contributed by atoms with van der Waals surface area (Å²) in [6, 6.07) is 36.7. The van der Waals surface area contributed by atoms with Crippen LogP contribution >= 0.6 is 0 Å². The summed E-state index contributed by atoms with van der Waals surface area (Å²) in [7, 11) is -4.67. The zero-order valence-electron chi connectivity index (χ0n) is 18.2. The van der Waals surface area contributed by atoms with E-state index < -0.39 is 10.4 Å². The molecule has 0 aliphatic carbocycles. The van der Waals surface area contributed by atoms with E-state index in [0.29, 0.717) is 0 Å². The van der Waals surface area contributed by atoms with Crippen LogP contribution in [0.15, 0.2) is 109 Å². The molecule has 0 amide bonds. The fourth-order valence-corrected chi connectivity index (χ4v) is 3.04. The van der Waals surface area contributed by atoms with E-state index >= 15 is 0 Å². The Hall–Kier alpha value is -3.97. The van der Waals surface area contributed by atoms with Crippen LogP contribution in [0.1, 0.15) is 22.3 Å². The number of ether oxygens (including phenoxy) is 1. The number of rotatable bonds is 6. The SMILES string of the molecule is C(=Cc1ccccc1Oc1ccccc1C=Cc1ccccc1)c1ccccc1.O=S(=O)(O)O. The highest BCUT2D eigenvalue weighted by atomic mass is 32.3. The largest absolute Gasteiger partial charge is 0.456 e. The van der Waals surface area contributed by atoms with Crippen LogP contribution in [0.5, 0.6) is 11.5 Å². The highest BCUT2D eigenvalue weighted by Crippen LogP contribution is 2.30. The molecule has 0 bridgehead atoms. The van der Waals surface area contributed by atoms with E-state index in [1.807, 2.05) is 72.8 Å². The molecule has 4 aromatic carbocycles. The van der Waals surface area contributed by atoms with Gasteiger partial charge in [-0.25, -0.2) is 0 Å². The van der Waals surface area contributed by atoms with Crippen LogP contribution < -0.4 is 4.74 Å². The van der Waals surface area contributed by atoms with Crippen LogP contribution in [0, 0.1) is 0 Å². The Labute approximate surface area is 199 Å². The Morgan fingerprint density at radius 2 is 0.824 bits per heavy atom. The predicted molar refractivity (Wildman–Crippen MR) is 138 cm³/mol. The van der Waals surface area contributed by atoms with Crippen LogP contribution in [0.25, 0.3) is 24.3 Å². The quantitative estimate of drug-likeness (QED) is 0.230. The lowest BCUT2D eigenvalue weighted by Crippen LogP contribution is -1.89. The Bertz CT molecular complexity index is 1250. The van der Waals surface area contributed by atoms with Gasteiger partial charge in [0.1, 0.15) is 11.5 Å². The molecular formula is C28H24O5S. The Morgan fingerprint density at radius 3 is 1.21 bits per heavy atom. The van der Waals surface area contributed by atoms with Gasteiger partial charge in [0.2, 0.25) is 0 Å².